The molecule has 0 fully saturated rings. The molecule has 3 N–H and O–H groups in total. The Morgan fingerprint density at radius 3 is 2.22 bits per heavy atom. The fourth-order valence-corrected chi connectivity index (χ4v) is 4.54. The van der Waals surface area contributed by atoms with Gasteiger partial charge in [-0.1, -0.05) is 79.6 Å². The van der Waals surface area contributed by atoms with Gasteiger partial charge in [0.25, 0.3) is 0 Å². The van der Waals surface area contributed by atoms with Gasteiger partial charge in [-0.25, -0.2) is 0 Å². The smallest absolute Gasteiger partial charge is 0.121 e. The first kappa shape index (κ1) is 28.9. The number of hydrogen-bond acceptors (Lipinski definition) is 5. The Labute approximate surface area is 222 Å². The van der Waals surface area contributed by atoms with E-state index in [4.69, 9.17) is 4.74 Å². The highest BCUT2D eigenvalue weighted by Crippen LogP contribution is 2.24. The number of nitrogens with zero attached hydrogens (tertiary/aromatic N) is 1. The minimum Gasteiger partial charge on any atom is -0.508 e. The van der Waals surface area contributed by atoms with Crippen molar-refractivity contribution in [2.24, 2.45) is 0 Å². The molecule has 3 aromatic carbocycles. The second kappa shape index (κ2) is 16.2. The van der Waals surface area contributed by atoms with Crippen molar-refractivity contribution in [1.29, 1.82) is 0 Å². The molecule has 0 bridgehead atoms. The van der Waals surface area contributed by atoms with E-state index in [0.717, 1.165) is 58.2 Å². The van der Waals surface area contributed by atoms with Crippen LogP contribution < -0.4 is 0 Å². The summed E-state index contributed by atoms with van der Waals surface area (Å²) in [6.45, 7) is 4.86. The zero-order valence-electron chi connectivity index (χ0n) is 22.1. The normalized spacial score (nSPS) is 13.1. The van der Waals surface area contributed by atoms with Crippen LogP contribution in [0.25, 0.3) is 0 Å². The predicted octanol–water partition coefficient (Wildman–Crippen LogP) is 6.02. The molecule has 0 spiro atoms. The van der Waals surface area contributed by atoms with E-state index in [0.29, 0.717) is 17.7 Å². The lowest BCUT2D eigenvalue weighted by atomic mass is 10.0. The average molecular weight is 506 g/mol. The molecular formula is C32H43NO4. The van der Waals surface area contributed by atoms with Crippen molar-refractivity contribution in [2.75, 3.05) is 19.7 Å². The maximum absolute atomic E-state index is 10.9. The number of hydrogen-bond donors (Lipinski definition) is 3. The zero-order valence-corrected chi connectivity index (χ0v) is 22.1. The Hall–Kier alpha value is -2.70. The Morgan fingerprint density at radius 2 is 1.51 bits per heavy atom. The quantitative estimate of drug-likeness (QED) is 0.196. The Bertz CT molecular complexity index is 1010. The highest BCUT2D eigenvalue weighted by molar-refractivity contribution is 5.36. The number of ether oxygens (including phenoxy) is 1. The number of phenols is 1. The topological polar surface area (TPSA) is 73.2 Å². The molecule has 0 saturated heterocycles. The molecule has 200 valence electrons. The second-order valence-corrected chi connectivity index (χ2v) is 9.90. The van der Waals surface area contributed by atoms with E-state index in [1.54, 1.807) is 12.1 Å². The fourth-order valence-electron chi connectivity index (χ4n) is 4.54. The van der Waals surface area contributed by atoms with Gasteiger partial charge in [-0.15, -0.1) is 0 Å². The van der Waals surface area contributed by atoms with E-state index in [-0.39, 0.29) is 18.5 Å². The highest BCUT2D eigenvalue weighted by Gasteiger charge is 2.16. The first-order valence-electron chi connectivity index (χ1n) is 13.6. The molecule has 3 rings (SSSR count). The van der Waals surface area contributed by atoms with Gasteiger partial charge in [-0.3, -0.25) is 4.90 Å². The fraction of sp³-hybridized carbons (Fsp3) is 0.438. The minimum atomic E-state index is -0.694. The summed E-state index contributed by atoms with van der Waals surface area (Å²) in [5.74, 6) is 0.0501. The third-order valence-electron chi connectivity index (χ3n) is 6.79. The number of aliphatic hydroxyl groups is 2. The molecule has 0 aromatic heterocycles. The maximum atomic E-state index is 10.9. The van der Waals surface area contributed by atoms with Crippen molar-refractivity contribution >= 4 is 0 Å². The predicted molar refractivity (Wildman–Crippen MR) is 149 cm³/mol. The van der Waals surface area contributed by atoms with Crippen molar-refractivity contribution < 1.29 is 20.1 Å². The molecule has 2 atom stereocenters. The van der Waals surface area contributed by atoms with Crippen molar-refractivity contribution in [3.8, 4) is 5.75 Å². The van der Waals surface area contributed by atoms with E-state index >= 15 is 0 Å². The summed E-state index contributed by atoms with van der Waals surface area (Å²) in [4.78, 5) is 2.29. The van der Waals surface area contributed by atoms with Gasteiger partial charge in [0.15, 0.2) is 0 Å². The van der Waals surface area contributed by atoms with Gasteiger partial charge in [0, 0.05) is 25.3 Å². The first-order chi connectivity index (χ1) is 18.0. The Morgan fingerprint density at radius 1 is 0.838 bits per heavy atom. The molecule has 2 unspecified atom stereocenters. The van der Waals surface area contributed by atoms with Gasteiger partial charge in [-0.2, -0.15) is 0 Å². The molecule has 0 saturated carbocycles. The molecule has 0 aliphatic carbocycles. The maximum Gasteiger partial charge on any atom is 0.121 e. The summed E-state index contributed by atoms with van der Waals surface area (Å²) in [5.41, 5.74) is 3.72. The van der Waals surface area contributed by atoms with E-state index in [1.807, 2.05) is 18.2 Å². The average Bonchev–Trinajstić information content (AvgIpc) is 2.92. The molecule has 0 radical (unpaired) electrons. The van der Waals surface area contributed by atoms with Crippen LogP contribution in [0.5, 0.6) is 5.75 Å². The number of aryl methyl sites for hydroxylation is 1. The standard InChI is InChI=1S/C32H43NO4/c1-26(16-17-27-12-6-4-7-13-27)37-21-11-3-2-10-20-33(23-28-14-8-5-9-15-28)24-32(36)29-18-19-31(35)30(22-29)25-34/h4-9,12-15,18-19,22,26,32,34-36H,2-3,10-11,16-17,20-21,23-25H2,1H3. The van der Waals surface area contributed by atoms with E-state index in [2.05, 4.69) is 54.3 Å². The second-order valence-electron chi connectivity index (χ2n) is 9.90. The Kier molecular flexibility index (Phi) is 12.6. The molecule has 0 heterocycles. The van der Waals surface area contributed by atoms with Crippen LogP contribution in [0, 0.1) is 0 Å². The molecule has 0 aliphatic heterocycles. The van der Waals surface area contributed by atoms with Gasteiger partial charge in [0.1, 0.15) is 5.75 Å². The van der Waals surface area contributed by atoms with Crippen LogP contribution in [0.2, 0.25) is 0 Å². The molecule has 3 aromatic rings. The summed E-state index contributed by atoms with van der Waals surface area (Å²) >= 11 is 0. The number of rotatable bonds is 17. The summed E-state index contributed by atoms with van der Waals surface area (Å²) in [6, 6.07) is 25.8. The number of aromatic hydroxyl groups is 1. The lowest BCUT2D eigenvalue weighted by Gasteiger charge is -2.26. The Balaban J connectivity index is 1.39. The van der Waals surface area contributed by atoms with Crippen LogP contribution in [-0.4, -0.2) is 46.0 Å². The third kappa shape index (κ3) is 10.7. The molecule has 0 amide bonds. The number of aliphatic hydroxyl groups excluding tert-OH is 2. The molecule has 0 aliphatic rings. The SMILES string of the molecule is CC(CCc1ccccc1)OCCCCCCN(Cc1ccccc1)CC(O)c1ccc(O)c(CO)c1. The van der Waals surface area contributed by atoms with Crippen molar-refractivity contribution in [2.45, 2.75) is 70.8 Å². The van der Waals surface area contributed by atoms with Crippen LogP contribution in [0.1, 0.15) is 67.4 Å². The van der Waals surface area contributed by atoms with E-state index < -0.39 is 6.10 Å². The van der Waals surface area contributed by atoms with E-state index in [9.17, 15) is 15.3 Å². The van der Waals surface area contributed by atoms with Gasteiger partial charge in [0.2, 0.25) is 0 Å². The molecular weight excluding hydrogens is 462 g/mol. The van der Waals surface area contributed by atoms with Gasteiger partial charge in [0.05, 0.1) is 18.8 Å². The van der Waals surface area contributed by atoms with Gasteiger partial charge < -0.3 is 20.1 Å². The molecule has 37 heavy (non-hydrogen) atoms. The lowest BCUT2D eigenvalue weighted by molar-refractivity contribution is 0.0575. The zero-order chi connectivity index (χ0) is 26.3. The van der Waals surface area contributed by atoms with Crippen molar-refractivity contribution in [3.63, 3.8) is 0 Å². The van der Waals surface area contributed by atoms with Crippen LogP contribution >= 0.6 is 0 Å². The van der Waals surface area contributed by atoms with Crippen LogP contribution in [0.4, 0.5) is 0 Å². The first-order valence-corrected chi connectivity index (χ1v) is 13.6. The van der Waals surface area contributed by atoms with Crippen molar-refractivity contribution in [3.05, 3.63) is 101 Å². The van der Waals surface area contributed by atoms with Gasteiger partial charge >= 0.3 is 0 Å². The summed E-state index contributed by atoms with van der Waals surface area (Å²) in [5, 5.41) is 30.2. The van der Waals surface area contributed by atoms with Gasteiger partial charge in [-0.05, 0) is 68.0 Å². The number of benzene rings is 3. The minimum absolute atomic E-state index is 0.0501. The largest absolute Gasteiger partial charge is 0.508 e. The molecule has 5 heteroatoms. The van der Waals surface area contributed by atoms with Crippen LogP contribution in [0.3, 0.4) is 0 Å². The van der Waals surface area contributed by atoms with Crippen molar-refractivity contribution in [1.82, 2.24) is 4.90 Å². The molecule has 5 nitrogen and oxygen atoms in total. The monoisotopic (exact) mass is 505 g/mol. The van der Waals surface area contributed by atoms with Crippen LogP contribution in [-0.2, 0) is 24.3 Å². The summed E-state index contributed by atoms with van der Waals surface area (Å²) in [7, 11) is 0. The van der Waals surface area contributed by atoms with Crippen LogP contribution in [0.15, 0.2) is 78.9 Å². The number of unbranched alkanes of at least 4 members (excludes halogenated alkanes) is 3. The lowest BCUT2D eigenvalue weighted by Crippen LogP contribution is -2.29. The summed E-state index contributed by atoms with van der Waals surface area (Å²) in [6.07, 6.45) is 6.05. The third-order valence-corrected chi connectivity index (χ3v) is 6.79. The summed E-state index contributed by atoms with van der Waals surface area (Å²) < 4.78 is 6.02. The highest BCUT2D eigenvalue weighted by atomic mass is 16.5. The van der Waals surface area contributed by atoms with E-state index in [1.165, 1.54) is 17.2 Å².